The summed E-state index contributed by atoms with van der Waals surface area (Å²) in [6.45, 7) is 0.162. The van der Waals surface area contributed by atoms with Crippen molar-refractivity contribution in [2.75, 3.05) is 20.3 Å². The van der Waals surface area contributed by atoms with E-state index < -0.39 is 23.7 Å². The van der Waals surface area contributed by atoms with Crippen molar-refractivity contribution in [2.24, 2.45) is 22.9 Å². The maximum atomic E-state index is 12.6. The highest BCUT2D eigenvalue weighted by molar-refractivity contribution is 6.02. The number of aliphatic hydroxyl groups excluding tert-OH is 2. The van der Waals surface area contributed by atoms with E-state index in [1.165, 1.54) is 17.9 Å². The van der Waals surface area contributed by atoms with Crippen LogP contribution in [-0.2, 0) is 4.84 Å². The molecule has 216 valence electrons. The fourth-order valence-electron chi connectivity index (χ4n) is 6.95. The van der Waals surface area contributed by atoms with Gasteiger partial charge in [0.05, 0.1) is 17.8 Å². The third-order valence-electron chi connectivity index (χ3n) is 8.55. The van der Waals surface area contributed by atoms with Crippen molar-refractivity contribution in [3.8, 4) is 11.5 Å². The van der Waals surface area contributed by atoms with Crippen LogP contribution >= 0.6 is 0 Å². The van der Waals surface area contributed by atoms with Gasteiger partial charge in [-0.25, -0.2) is 9.48 Å². The Bertz CT molecular complexity index is 1290. The van der Waals surface area contributed by atoms with E-state index in [4.69, 9.17) is 9.57 Å². The minimum absolute atomic E-state index is 0.00722. The maximum Gasteiger partial charge on any atom is 0.355 e. The molecule has 1 saturated carbocycles. The number of allylic oxidation sites excluding steroid dienone is 1. The number of oxime groups is 1. The molecule has 1 aromatic carbocycles. The monoisotopic (exact) mass is 556 g/mol. The van der Waals surface area contributed by atoms with Crippen molar-refractivity contribution >= 4 is 11.7 Å². The summed E-state index contributed by atoms with van der Waals surface area (Å²) < 4.78 is 7.55. The number of benzene rings is 1. The molecular formula is C28H36N4O8. The van der Waals surface area contributed by atoms with Crippen LogP contribution in [0.15, 0.2) is 41.2 Å². The number of nitrogens with zero attached hydrogens (tertiary/aromatic N) is 4. The summed E-state index contributed by atoms with van der Waals surface area (Å²) in [7, 11) is 1.43. The molecule has 0 radical (unpaired) electrons. The van der Waals surface area contributed by atoms with Crippen LogP contribution in [0.4, 0.5) is 0 Å². The van der Waals surface area contributed by atoms with Crippen LogP contribution < -0.4 is 4.74 Å². The molecule has 12 nitrogen and oxygen atoms in total. The molecule has 5 rings (SSSR count). The number of aromatic nitrogens is 3. The van der Waals surface area contributed by atoms with Crippen LogP contribution in [0.3, 0.4) is 0 Å². The van der Waals surface area contributed by atoms with E-state index in [2.05, 4.69) is 21.5 Å². The van der Waals surface area contributed by atoms with Gasteiger partial charge in [0.15, 0.2) is 5.69 Å². The van der Waals surface area contributed by atoms with Gasteiger partial charge < -0.3 is 35.1 Å². The second-order valence-corrected chi connectivity index (χ2v) is 10.8. The highest BCUT2D eigenvalue weighted by Gasteiger charge is 2.63. The number of rotatable bonds is 11. The first-order valence-corrected chi connectivity index (χ1v) is 13.8. The van der Waals surface area contributed by atoms with Crippen molar-refractivity contribution in [3.05, 3.63) is 47.3 Å². The Morgan fingerprint density at radius 2 is 1.95 bits per heavy atom. The zero-order valence-electron chi connectivity index (χ0n) is 22.4. The van der Waals surface area contributed by atoms with Gasteiger partial charge in [0.2, 0.25) is 5.79 Å². The SMILES string of the molecule is CON=C1CC(n2nncc2C(=O)O)C2(O)Oc3ccc(O)cc3C3C(CCCCO)C(CCCCO)C=C1C32. The number of carboxylic acids is 1. The Morgan fingerprint density at radius 3 is 2.65 bits per heavy atom. The molecular weight excluding hydrogens is 520 g/mol. The molecule has 40 heavy (non-hydrogen) atoms. The number of fused-ring (bicyclic) bond motifs is 2. The van der Waals surface area contributed by atoms with Crippen LogP contribution in [0.5, 0.6) is 11.5 Å². The third kappa shape index (κ3) is 4.84. The van der Waals surface area contributed by atoms with Gasteiger partial charge in [-0.15, -0.1) is 5.10 Å². The number of aliphatic hydroxyl groups is 3. The molecule has 1 fully saturated rings. The Balaban J connectivity index is 1.72. The molecule has 1 aliphatic heterocycles. The lowest BCUT2D eigenvalue weighted by molar-refractivity contribution is -0.225. The summed E-state index contributed by atoms with van der Waals surface area (Å²) >= 11 is 0. The summed E-state index contributed by atoms with van der Waals surface area (Å²) in [6.07, 6.45) is 7.71. The number of hydrogen-bond acceptors (Lipinski definition) is 10. The number of carboxylic acid groups (broad SMARTS) is 1. The van der Waals surface area contributed by atoms with Crippen LogP contribution in [0, 0.1) is 17.8 Å². The number of carbonyl (C=O) groups is 1. The second kappa shape index (κ2) is 11.6. The lowest BCUT2D eigenvalue weighted by atomic mass is 9.55. The average molecular weight is 557 g/mol. The smallest absolute Gasteiger partial charge is 0.355 e. The first-order valence-electron chi connectivity index (χ1n) is 13.8. The van der Waals surface area contributed by atoms with Gasteiger partial charge in [0.1, 0.15) is 24.7 Å². The van der Waals surface area contributed by atoms with E-state index in [9.17, 15) is 30.3 Å². The molecule has 0 bridgehead atoms. The van der Waals surface area contributed by atoms with Gasteiger partial charge in [-0.1, -0.05) is 29.3 Å². The maximum absolute atomic E-state index is 12.6. The van der Waals surface area contributed by atoms with Crippen molar-refractivity contribution in [3.63, 3.8) is 0 Å². The molecule has 6 atom stereocenters. The van der Waals surface area contributed by atoms with Gasteiger partial charge in [-0.05, 0) is 61.3 Å². The molecule has 12 heteroatoms. The molecule has 3 aliphatic rings. The highest BCUT2D eigenvalue weighted by atomic mass is 16.6. The lowest BCUT2D eigenvalue weighted by Gasteiger charge is -2.56. The molecule has 0 amide bonds. The van der Waals surface area contributed by atoms with Gasteiger partial charge in [-0.3, -0.25) is 0 Å². The number of unbranched alkanes of at least 4 members (excludes halogenated alkanes) is 2. The Morgan fingerprint density at radius 1 is 1.20 bits per heavy atom. The molecule has 2 aliphatic carbocycles. The number of hydrogen-bond donors (Lipinski definition) is 5. The van der Waals surface area contributed by atoms with Crippen molar-refractivity contribution < 1.29 is 39.9 Å². The summed E-state index contributed by atoms with van der Waals surface area (Å²) in [4.78, 5) is 17.3. The molecule has 0 saturated heterocycles. The molecule has 0 spiro atoms. The topological polar surface area (TPSA) is 180 Å². The fourth-order valence-corrected chi connectivity index (χ4v) is 6.95. The molecule has 1 aromatic heterocycles. The number of phenols is 1. The number of ether oxygens (including phenoxy) is 1. The molecule has 5 N–H and O–H groups in total. The molecule has 6 unspecified atom stereocenters. The van der Waals surface area contributed by atoms with Crippen LogP contribution in [0.2, 0.25) is 0 Å². The average Bonchev–Trinajstić information content (AvgIpc) is 3.42. The van der Waals surface area contributed by atoms with E-state index >= 15 is 0 Å². The van der Waals surface area contributed by atoms with Crippen molar-refractivity contribution in [1.82, 2.24) is 15.0 Å². The Labute approximate surface area is 231 Å². The van der Waals surface area contributed by atoms with E-state index in [1.54, 1.807) is 12.1 Å². The van der Waals surface area contributed by atoms with Crippen LogP contribution in [0.1, 0.15) is 73.0 Å². The van der Waals surface area contributed by atoms with Gasteiger partial charge >= 0.3 is 5.97 Å². The second-order valence-electron chi connectivity index (χ2n) is 10.8. The number of phenolic OH excluding ortho intramolecular Hbond substituents is 1. The van der Waals surface area contributed by atoms with Crippen LogP contribution in [0.25, 0.3) is 0 Å². The quantitative estimate of drug-likeness (QED) is 0.204. The molecule has 2 aromatic rings. The van der Waals surface area contributed by atoms with E-state index in [-0.39, 0.29) is 48.8 Å². The van der Waals surface area contributed by atoms with Gasteiger partial charge in [0, 0.05) is 31.1 Å². The first-order chi connectivity index (χ1) is 19.3. The third-order valence-corrected chi connectivity index (χ3v) is 8.55. The Kier molecular flexibility index (Phi) is 8.11. The highest BCUT2D eigenvalue weighted by Crippen LogP contribution is 2.62. The minimum atomic E-state index is -1.92. The zero-order chi connectivity index (χ0) is 28.4. The predicted molar refractivity (Wildman–Crippen MR) is 142 cm³/mol. The minimum Gasteiger partial charge on any atom is -0.508 e. The predicted octanol–water partition coefficient (Wildman–Crippen LogP) is 2.61. The fraction of sp³-hybridized carbons (Fsp3) is 0.571. The van der Waals surface area contributed by atoms with E-state index in [0.29, 0.717) is 24.3 Å². The van der Waals surface area contributed by atoms with Gasteiger partial charge in [-0.2, -0.15) is 0 Å². The number of aromatic carboxylic acids is 1. The van der Waals surface area contributed by atoms with Crippen LogP contribution in [-0.4, -0.2) is 78.3 Å². The largest absolute Gasteiger partial charge is 0.508 e. The number of aromatic hydroxyl groups is 1. The standard InChI is InChI=1S/C28H36N4O8/c1-39-30-21-14-24(32-22(27(36)37)15-29-31-32)28(38)26-19(21)12-16(6-2-4-10-33)18(7-3-5-11-34)25(26)20-13-17(35)8-9-23(20)40-28/h8-9,12-13,15-16,18,24-26,33-35,38H,2-7,10-11,14H2,1H3,(H,36,37). The zero-order valence-corrected chi connectivity index (χ0v) is 22.4. The van der Waals surface area contributed by atoms with E-state index in [1.807, 2.05) is 0 Å². The van der Waals surface area contributed by atoms with Gasteiger partial charge in [0.25, 0.3) is 0 Å². The lowest BCUT2D eigenvalue weighted by Crippen LogP contribution is -2.62. The Hall–Kier alpha value is -3.48. The van der Waals surface area contributed by atoms with Crippen molar-refractivity contribution in [2.45, 2.75) is 62.7 Å². The van der Waals surface area contributed by atoms with Crippen molar-refractivity contribution in [1.29, 1.82) is 0 Å². The van der Waals surface area contributed by atoms with E-state index in [0.717, 1.165) is 43.0 Å². The molecule has 2 heterocycles. The summed E-state index contributed by atoms with van der Waals surface area (Å²) in [6, 6.07) is 3.79. The summed E-state index contributed by atoms with van der Waals surface area (Å²) in [5.41, 5.74) is 1.85. The first kappa shape index (κ1) is 28.1. The summed E-state index contributed by atoms with van der Waals surface area (Å²) in [5.74, 6) is -3.67. The summed E-state index contributed by atoms with van der Waals surface area (Å²) in [5, 5.41) is 64.0. The normalized spacial score (nSPS) is 29.8.